The fourth-order valence-electron chi connectivity index (χ4n) is 4.22. The first kappa shape index (κ1) is 19.5. The number of benzene rings is 2. The van der Waals surface area contributed by atoms with Crippen molar-refractivity contribution in [3.8, 4) is 0 Å². The summed E-state index contributed by atoms with van der Waals surface area (Å²) in [6.07, 6.45) is 0.365. The molecule has 1 atom stereocenters. The van der Waals surface area contributed by atoms with Crippen LogP contribution in [0.2, 0.25) is 5.02 Å². The molecule has 4 rings (SSSR count). The van der Waals surface area contributed by atoms with E-state index in [-0.39, 0.29) is 37.3 Å². The zero-order chi connectivity index (χ0) is 20.8. The van der Waals surface area contributed by atoms with Gasteiger partial charge in [0.05, 0.1) is 11.3 Å². The van der Waals surface area contributed by atoms with E-state index in [1.54, 1.807) is 48.5 Å². The largest absolute Gasteiger partial charge is 0.458 e. The highest BCUT2D eigenvalue weighted by atomic mass is 35.5. The van der Waals surface area contributed by atoms with Crippen molar-refractivity contribution in [2.24, 2.45) is 0 Å². The quantitative estimate of drug-likeness (QED) is 0.717. The molecule has 0 aliphatic carbocycles. The SMILES string of the molecule is CC(C)N1C(=O)c2ccccc2N2C(=O)CC[C@@]21C(=O)OCc1ccc(Cl)cc1. The van der Waals surface area contributed by atoms with Crippen LogP contribution in [0.25, 0.3) is 0 Å². The van der Waals surface area contributed by atoms with Crippen LogP contribution in [0, 0.1) is 0 Å². The summed E-state index contributed by atoms with van der Waals surface area (Å²) in [5.41, 5.74) is 0.176. The molecule has 0 aromatic heterocycles. The third-order valence-electron chi connectivity index (χ3n) is 5.43. The molecule has 2 aliphatic rings. The summed E-state index contributed by atoms with van der Waals surface area (Å²) in [5.74, 6) is -1.07. The highest BCUT2D eigenvalue weighted by molar-refractivity contribution is 6.30. The van der Waals surface area contributed by atoms with Crippen LogP contribution in [0.5, 0.6) is 0 Å². The van der Waals surface area contributed by atoms with Gasteiger partial charge in [-0.3, -0.25) is 14.5 Å². The van der Waals surface area contributed by atoms with Crippen LogP contribution in [-0.2, 0) is 20.9 Å². The van der Waals surface area contributed by atoms with Crippen molar-refractivity contribution in [1.29, 1.82) is 0 Å². The summed E-state index contributed by atoms with van der Waals surface area (Å²) in [6, 6.07) is 13.6. The van der Waals surface area contributed by atoms with Gasteiger partial charge in [0.2, 0.25) is 11.6 Å². The second kappa shape index (κ2) is 7.19. The molecule has 2 aromatic carbocycles. The number of ether oxygens (including phenoxy) is 1. The van der Waals surface area contributed by atoms with Gasteiger partial charge in [-0.15, -0.1) is 0 Å². The van der Waals surface area contributed by atoms with Crippen molar-refractivity contribution in [1.82, 2.24) is 4.90 Å². The van der Waals surface area contributed by atoms with E-state index in [2.05, 4.69) is 0 Å². The molecular weight excluding hydrogens is 392 g/mol. The molecule has 2 amide bonds. The Hall–Kier alpha value is -2.86. The first-order chi connectivity index (χ1) is 13.9. The van der Waals surface area contributed by atoms with Gasteiger partial charge >= 0.3 is 5.97 Å². The molecule has 0 unspecified atom stereocenters. The van der Waals surface area contributed by atoms with Gasteiger partial charge in [-0.2, -0.15) is 0 Å². The van der Waals surface area contributed by atoms with E-state index in [0.29, 0.717) is 16.3 Å². The van der Waals surface area contributed by atoms with E-state index in [1.807, 2.05) is 13.8 Å². The Morgan fingerprint density at radius 2 is 1.83 bits per heavy atom. The molecule has 6 nitrogen and oxygen atoms in total. The number of hydrogen-bond donors (Lipinski definition) is 0. The Morgan fingerprint density at radius 1 is 1.14 bits per heavy atom. The number of esters is 1. The predicted octanol–water partition coefficient (Wildman–Crippen LogP) is 3.77. The van der Waals surface area contributed by atoms with Crippen molar-refractivity contribution in [2.75, 3.05) is 4.90 Å². The van der Waals surface area contributed by atoms with Crippen LogP contribution < -0.4 is 4.90 Å². The third kappa shape index (κ3) is 2.99. The average Bonchev–Trinajstić information content (AvgIpc) is 3.05. The Balaban J connectivity index is 1.75. The molecule has 0 bridgehead atoms. The van der Waals surface area contributed by atoms with Crippen LogP contribution in [-0.4, -0.2) is 34.4 Å². The Kier molecular flexibility index (Phi) is 4.82. The van der Waals surface area contributed by atoms with Gasteiger partial charge in [-0.25, -0.2) is 4.79 Å². The Labute approximate surface area is 174 Å². The standard InChI is InChI=1S/C22H21ClN2O4/c1-14(2)24-20(27)17-5-3-4-6-18(17)25-19(26)11-12-22(24,25)21(28)29-13-15-7-9-16(23)10-8-15/h3-10,14H,11-13H2,1-2H3/t22-/m0/s1. The van der Waals surface area contributed by atoms with Crippen LogP contribution >= 0.6 is 11.6 Å². The third-order valence-corrected chi connectivity index (χ3v) is 5.68. The van der Waals surface area contributed by atoms with E-state index in [4.69, 9.17) is 16.3 Å². The van der Waals surface area contributed by atoms with Gasteiger partial charge in [0.25, 0.3) is 5.91 Å². The van der Waals surface area contributed by atoms with Gasteiger partial charge < -0.3 is 9.64 Å². The minimum atomic E-state index is -1.47. The summed E-state index contributed by atoms with van der Waals surface area (Å²) in [5, 5.41) is 0.590. The molecule has 2 heterocycles. The number of fused-ring (bicyclic) bond motifs is 3. The number of amides is 2. The van der Waals surface area contributed by atoms with Gasteiger partial charge in [-0.1, -0.05) is 35.9 Å². The number of rotatable bonds is 4. The molecule has 0 N–H and O–H groups in total. The predicted molar refractivity (Wildman–Crippen MR) is 108 cm³/mol. The van der Waals surface area contributed by atoms with Gasteiger partial charge in [0.1, 0.15) is 6.61 Å². The maximum absolute atomic E-state index is 13.4. The molecular formula is C22H21ClN2O4. The zero-order valence-corrected chi connectivity index (χ0v) is 17.0. The Morgan fingerprint density at radius 3 is 2.52 bits per heavy atom. The fourth-order valence-corrected chi connectivity index (χ4v) is 4.34. The smallest absolute Gasteiger partial charge is 0.354 e. The molecule has 2 aliphatic heterocycles. The summed E-state index contributed by atoms with van der Waals surface area (Å²) in [7, 11) is 0. The molecule has 29 heavy (non-hydrogen) atoms. The van der Waals surface area contributed by atoms with E-state index in [1.165, 1.54) is 9.80 Å². The van der Waals surface area contributed by atoms with Crippen molar-refractivity contribution in [2.45, 2.75) is 45.0 Å². The number of para-hydroxylation sites is 1. The summed E-state index contributed by atoms with van der Waals surface area (Å²) >= 11 is 5.91. The summed E-state index contributed by atoms with van der Waals surface area (Å²) in [6.45, 7) is 3.70. The van der Waals surface area contributed by atoms with Crippen molar-refractivity contribution in [3.63, 3.8) is 0 Å². The van der Waals surface area contributed by atoms with E-state index in [9.17, 15) is 14.4 Å². The van der Waals surface area contributed by atoms with Gasteiger partial charge in [-0.05, 0) is 43.7 Å². The van der Waals surface area contributed by atoms with Crippen LogP contribution in [0.4, 0.5) is 5.69 Å². The summed E-state index contributed by atoms with van der Waals surface area (Å²) in [4.78, 5) is 42.5. The lowest BCUT2D eigenvalue weighted by atomic mass is 9.95. The van der Waals surface area contributed by atoms with Crippen LogP contribution in [0.3, 0.4) is 0 Å². The molecule has 2 aromatic rings. The van der Waals surface area contributed by atoms with E-state index < -0.39 is 11.6 Å². The van der Waals surface area contributed by atoms with Gasteiger partial charge in [0.15, 0.2) is 0 Å². The van der Waals surface area contributed by atoms with Crippen LogP contribution in [0.1, 0.15) is 42.6 Å². The molecule has 0 saturated carbocycles. The second-order valence-corrected chi connectivity index (χ2v) is 7.97. The van der Waals surface area contributed by atoms with Crippen molar-refractivity contribution < 1.29 is 19.1 Å². The minimum Gasteiger partial charge on any atom is -0.458 e. The molecule has 1 fully saturated rings. The molecule has 0 spiro atoms. The number of hydrogen-bond acceptors (Lipinski definition) is 4. The highest BCUT2D eigenvalue weighted by Crippen LogP contribution is 2.46. The minimum absolute atomic E-state index is 0.0293. The number of carbonyl (C=O) groups excluding carboxylic acids is 3. The van der Waals surface area contributed by atoms with E-state index in [0.717, 1.165) is 5.56 Å². The fraction of sp³-hybridized carbons (Fsp3) is 0.318. The number of nitrogens with zero attached hydrogens (tertiary/aromatic N) is 2. The lowest BCUT2D eigenvalue weighted by Crippen LogP contribution is -2.70. The topological polar surface area (TPSA) is 66.9 Å². The maximum Gasteiger partial charge on any atom is 0.354 e. The van der Waals surface area contributed by atoms with Crippen LogP contribution in [0.15, 0.2) is 48.5 Å². The summed E-state index contributed by atoms with van der Waals surface area (Å²) < 4.78 is 5.63. The monoisotopic (exact) mass is 412 g/mol. The lowest BCUT2D eigenvalue weighted by molar-refractivity contribution is -0.159. The first-order valence-corrected chi connectivity index (χ1v) is 9.91. The van der Waals surface area contributed by atoms with E-state index >= 15 is 0 Å². The number of carbonyl (C=O) groups is 3. The first-order valence-electron chi connectivity index (χ1n) is 9.53. The van der Waals surface area contributed by atoms with Crippen molar-refractivity contribution >= 4 is 35.1 Å². The number of halogens is 1. The average molecular weight is 413 g/mol. The second-order valence-electron chi connectivity index (χ2n) is 7.53. The maximum atomic E-state index is 13.4. The number of anilines is 1. The molecule has 0 radical (unpaired) electrons. The lowest BCUT2D eigenvalue weighted by Gasteiger charge is -2.50. The normalized spacial score (nSPS) is 20.7. The highest BCUT2D eigenvalue weighted by Gasteiger charge is 2.62. The molecule has 150 valence electrons. The molecule has 7 heteroatoms. The molecule has 1 saturated heterocycles. The zero-order valence-electron chi connectivity index (χ0n) is 16.2. The van der Waals surface area contributed by atoms with Crippen molar-refractivity contribution in [3.05, 3.63) is 64.7 Å². The Bertz CT molecular complexity index is 989. The van der Waals surface area contributed by atoms with Gasteiger partial charge in [0, 0.05) is 23.9 Å².